The van der Waals surface area contributed by atoms with Gasteiger partial charge in [-0.2, -0.15) is 0 Å². The smallest absolute Gasteiger partial charge is 0.159 e. The van der Waals surface area contributed by atoms with Gasteiger partial charge in [0.05, 0.1) is 11.0 Å². The lowest BCUT2D eigenvalue weighted by Crippen LogP contribution is -1.93. The fraction of sp³-hybridized carbons (Fsp3) is 0.125. The molecule has 4 heteroatoms. The van der Waals surface area contributed by atoms with Crippen LogP contribution < -0.4 is 0 Å². The predicted octanol–water partition coefficient (Wildman–Crippen LogP) is 4.10. The van der Waals surface area contributed by atoms with E-state index in [-0.39, 0.29) is 5.78 Å². The molecule has 2 aromatic carbocycles. The molecule has 0 N–H and O–H groups in total. The molecule has 0 amide bonds. The summed E-state index contributed by atoms with van der Waals surface area (Å²) in [6.07, 6.45) is 0. The lowest BCUT2D eigenvalue weighted by atomic mass is 10.1. The summed E-state index contributed by atoms with van der Waals surface area (Å²) in [5.74, 6) is 0.906. The number of carbonyl (C=O) groups excluding carboxylic acids is 1. The Morgan fingerprint density at radius 1 is 1.15 bits per heavy atom. The molecule has 0 aliphatic carbocycles. The largest absolute Gasteiger partial charge is 0.327 e. The van der Waals surface area contributed by atoms with E-state index < -0.39 is 0 Å². The number of aromatic nitrogens is 2. The van der Waals surface area contributed by atoms with Gasteiger partial charge in [-0.1, -0.05) is 11.6 Å². The Bertz CT molecular complexity index is 803. The number of carbonyl (C=O) groups is 1. The molecule has 3 aromatic rings. The summed E-state index contributed by atoms with van der Waals surface area (Å²) in [6.45, 7) is 1.56. The van der Waals surface area contributed by atoms with Crippen LogP contribution in [0.15, 0.2) is 42.5 Å². The van der Waals surface area contributed by atoms with Crippen LogP contribution in [0.5, 0.6) is 0 Å². The van der Waals surface area contributed by atoms with Gasteiger partial charge in [-0.15, -0.1) is 0 Å². The maximum Gasteiger partial charge on any atom is 0.159 e. The maximum absolute atomic E-state index is 11.4. The molecule has 0 fully saturated rings. The fourth-order valence-corrected chi connectivity index (χ4v) is 2.40. The van der Waals surface area contributed by atoms with Gasteiger partial charge in [0, 0.05) is 23.2 Å². The van der Waals surface area contributed by atoms with Gasteiger partial charge < -0.3 is 4.57 Å². The molecule has 0 aliphatic heterocycles. The van der Waals surface area contributed by atoms with Gasteiger partial charge in [0.25, 0.3) is 0 Å². The van der Waals surface area contributed by atoms with Crippen molar-refractivity contribution in [2.24, 2.45) is 7.05 Å². The van der Waals surface area contributed by atoms with Crippen LogP contribution in [0.25, 0.3) is 22.4 Å². The third kappa shape index (κ3) is 2.10. The lowest BCUT2D eigenvalue weighted by molar-refractivity contribution is 0.101. The van der Waals surface area contributed by atoms with E-state index in [1.165, 1.54) is 0 Å². The van der Waals surface area contributed by atoms with E-state index >= 15 is 0 Å². The molecule has 1 heterocycles. The van der Waals surface area contributed by atoms with E-state index in [1.807, 2.05) is 54.1 Å². The van der Waals surface area contributed by atoms with Gasteiger partial charge in [0.15, 0.2) is 5.78 Å². The molecule has 3 rings (SSSR count). The van der Waals surface area contributed by atoms with E-state index in [9.17, 15) is 4.79 Å². The Labute approximate surface area is 121 Å². The van der Waals surface area contributed by atoms with Gasteiger partial charge in [0.1, 0.15) is 5.82 Å². The van der Waals surface area contributed by atoms with Gasteiger partial charge in [-0.25, -0.2) is 4.98 Å². The number of halogens is 1. The van der Waals surface area contributed by atoms with Crippen molar-refractivity contribution >= 4 is 28.4 Å². The van der Waals surface area contributed by atoms with Gasteiger partial charge >= 0.3 is 0 Å². The van der Waals surface area contributed by atoms with Crippen LogP contribution >= 0.6 is 11.6 Å². The molecule has 0 saturated carbocycles. The first kappa shape index (κ1) is 12.9. The van der Waals surface area contributed by atoms with Gasteiger partial charge in [0.2, 0.25) is 0 Å². The molecule has 3 nitrogen and oxygen atoms in total. The second-order valence-electron chi connectivity index (χ2n) is 4.76. The summed E-state index contributed by atoms with van der Waals surface area (Å²) in [6, 6.07) is 13.2. The monoisotopic (exact) mass is 284 g/mol. The first-order valence-corrected chi connectivity index (χ1v) is 6.67. The topological polar surface area (TPSA) is 34.9 Å². The average Bonchev–Trinajstić information content (AvgIpc) is 2.76. The first-order chi connectivity index (χ1) is 9.56. The Morgan fingerprint density at radius 2 is 1.85 bits per heavy atom. The minimum atomic E-state index is 0.0468. The van der Waals surface area contributed by atoms with Crippen molar-refractivity contribution in [2.75, 3.05) is 0 Å². The molecule has 0 spiro atoms. The summed E-state index contributed by atoms with van der Waals surface area (Å²) < 4.78 is 2.02. The molecule has 0 unspecified atom stereocenters. The Morgan fingerprint density at radius 3 is 2.50 bits per heavy atom. The number of fused-ring (bicyclic) bond motifs is 1. The Balaban J connectivity index is 2.19. The minimum Gasteiger partial charge on any atom is -0.327 e. The zero-order chi connectivity index (χ0) is 14.3. The number of nitrogens with zero attached hydrogens (tertiary/aromatic N) is 2. The summed E-state index contributed by atoms with van der Waals surface area (Å²) in [7, 11) is 1.96. The molecule has 0 aliphatic rings. The van der Waals surface area contributed by atoms with Crippen LogP contribution in [0.1, 0.15) is 17.3 Å². The van der Waals surface area contributed by atoms with Crippen LogP contribution in [0.3, 0.4) is 0 Å². The summed E-state index contributed by atoms with van der Waals surface area (Å²) >= 11 is 5.91. The summed E-state index contributed by atoms with van der Waals surface area (Å²) in [4.78, 5) is 16.1. The number of imidazole rings is 1. The van der Waals surface area contributed by atoms with E-state index in [0.717, 1.165) is 22.4 Å². The predicted molar refractivity (Wildman–Crippen MR) is 81.2 cm³/mol. The van der Waals surface area contributed by atoms with Crippen molar-refractivity contribution < 1.29 is 4.79 Å². The summed E-state index contributed by atoms with van der Waals surface area (Å²) in [5, 5.41) is 0.700. The number of hydrogen-bond donors (Lipinski definition) is 0. The van der Waals surface area contributed by atoms with Crippen molar-refractivity contribution in [1.82, 2.24) is 9.55 Å². The average molecular weight is 285 g/mol. The highest BCUT2D eigenvalue weighted by Crippen LogP contribution is 2.25. The number of benzene rings is 2. The molecule has 0 radical (unpaired) electrons. The number of ketones is 1. The van der Waals surface area contributed by atoms with Crippen LogP contribution in [-0.4, -0.2) is 15.3 Å². The standard InChI is InChI=1S/C16H13ClN2O/c1-10(20)12-5-8-15-14(9-12)18-16(19(15)2)11-3-6-13(17)7-4-11/h3-9H,1-2H3. The maximum atomic E-state index is 11.4. The molecule has 0 bridgehead atoms. The minimum absolute atomic E-state index is 0.0468. The number of hydrogen-bond acceptors (Lipinski definition) is 2. The normalized spacial score (nSPS) is 10.9. The van der Waals surface area contributed by atoms with Crippen LogP contribution in [0, 0.1) is 0 Å². The molecular weight excluding hydrogens is 272 g/mol. The lowest BCUT2D eigenvalue weighted by Gasteiger charge is -2.02. The Kier molecular flexibility index (Phi) is 3.07. The molecule has 0 atom stereocenters. The number of Topliss-reactive ketones (excluding diaryl/α,β-unsaturated/α-hetero) is 1. The zero-order valence-corrected chi connectivity index (χ0v) is 12.0. The van der Waals surface area contributed by atoms with Gasteiger partial charge in [-0.05, 0) is 49.4 Å². The van der Waals surface area contributed by atoms with Crippen molar-refractivity contribution in [3.05, 3.63) is 53.1 Å². The van der Waals surface area contributed by atoms with Crippen molar-refractivity contribution in [1.29, 1.82) is 0 Å². The summed E-state index contributed by atoms with van der Waals surface area (Å²) in [5.41, 5.74) is 3.50. The fourth-order valence-electron chi connectivity index (χ4n) is 2.28. The van der Waals surface area contributed by atoms with Crippen LogP contribution in [-0.2, 0) is 7.05 Å². The first-order valence-electron chi connectivity index (χ1n) is 6.29. The highest BCUT2D eigenvalue weighted by molar-refractivity contribution is 6.30. The Hall–Kier alpha value is -2.13. The van der Waals surface area contributed by atoms with Crippen LogP contribution in [0.2, 0.25) is 5.02 Å². The third-order valence-corrected chi connectivity index (χ3v) is 3.64. The van der Waals surface area contributed by atoms with E-state index in [0.29, 0.717) is 10.6 Å². The quantitative estimate of drug-likeness (QED) is 0.664. The van der Waals surface area contributed by atoms with E-state index in [2.05, 4.69) is 4.98 Å². The van der Waals surface area contributed by atoms with E-state index in [1.54, 1.807) is 6.92 Å². The van der Waals surface area contributed by atoms with Crippen molar-refractivity contribution in [3.63, 3.8) is 0 Å². The van der Waals surface area contributed by atoms with Crippen LogP contribution in [0.4, 0.5) is 0 Å². The highest BCUT2D eigenvalue weighted by atomic mass is 35.5. The molecule has 20 heavy (non-hydrogen) atoms. The van der Waals surface area contributed by atoms with Gasteiger partial charge in [-0.3, -0.25) is 4.79 Å². The third-order valence-electron chi connectivity index (χ3n) is 3.39. The van der Waals surface area contributed by atoms with E-state index in [4.69, 9.17) is 11.6 Å². The van der Waals surface area contributed by atoms with Crippen molar-refractivity contribution in [3.8, 4) is 11.4 Å². The molecule has 100 valence electrons. The number of rotatable bonds is 2. The highest BCUT2D eigenvalue weighted by Gasteiger charge is 2.11. The molecular formula is C16H13ClN2O. The number of aryl methyl sites for hydroxylation is 1. The second-order valence-corrected chi connectivity index (χ2v) is 5.20. The molecule has 1 aromatic heterocycles. The zero-order valence-electron chi connectivity index (χ0n) is 11.2. The molecule has 0 saturated heterocycles. The van der Waals surface area contributed by atoms with Crippen molar-refractivity contribution in [2.45, 2.75) is 6.92 Å². The second kappa shape index (κ2) is 4.76. The SMILES string of the molecule is CC(=O)c1ccc2c(c1)nc(-c1ccc(Cl)cc1)n2C.